The average molecular weight is 375 g/mol. The lowest BCUT2D eigenvalue weighted by Crippen LogP contribution is -2.20. The minimum Gasteiger partial charge on any atom is -0.483 e. The van der Waals surface area contributed by atoms with Gasteiger partial charge < -0.3 is 14.5 Å². The fraction of sp³-hybridized carbons (Fsp3) is 0.0952. The second-order valence-electron chi connectivity index (χ2n) is 6.20. The molecule has 0 bridgehead atoms. The van der Waals surface area contributed by atoms with Crippen LogP contribution in [-0.2, 0) is 9.59 Å². The summed E-state index contributed by atoms with van der Waals surface area (Å²) in [5.41, 5.74) is 1.62. The molecule has 0 fully saturated rings. The fourth-order valence-corrected chi connectivity index (χ4v) is 2.88. The highest BCUT2D eigenvalue weighted by Gasteiger charge is 2.12. The summed E-state index contributed by atoms with van der Waals surface area (Å²) in [6.07, 6.45) is 0. The van der Waals surface area contributed by atoms with E-state index in [9.17, 15) is 9.59 Å². The number of anilines is 2. The van der Waals surface area contributed by atoms with Crippen molar-refractivity contribution in [3.63, 3.8) is 0 Å². The Kier molecular flexibility index (Phi) is 4.63. The molecule has 0 radical (unpaired) electrons. The molecule has 1 aromatic heterocycles. The third kappa shape index (κ3) is 3.78. The molecule has 0 aliphatic heterocycles. The molecule has 7 heteroatoms. The number of hydrogen-bond donors (Lipinski definition) is 2. The number of rotatable bonds is 5. The van der Waals surface area contributed by atoms with Crippen LogP contribution in [0.2, 0.25) is 0 Å². The van der Waals surface area contributed by atoms with Gasteiger partial charge in [-0.3, -0.25) is 14.9 Å². The second-order valence-corrected chi connectivity index (χ2v) is 6.20. The highest BCUT2D eigenvalue weighted by molar-refractivity contribution is 5.94. The maximum absolute atomic E-state index is 12.2. The minimum absolute atomic E-state index is 0.0708. The van der Waals surface area contributed by atoms with Crippen molar-refractivity contribution >= 4 is 45.4 Å². The van der Waals surface area contributed by atoms with Gasteiger partial charge in [0.2, 0.25) is 5.91 Å². The predicted octanol–water partition coefficient (Wildman–Crippen LogP) is 3.96. The zero-order valence-corrected chi connectivity index (χ0v) is 15.1. The van der Waals surface area contributed by atoms with Gasteiger partial charge in [0.25, 0.3) is 5.91 Å². The fourth-order valence-electron chi connectivity index (χ4n) is 2.88. The molecule has 0 aliphatic rings. The van der Waals surface area contributed by atoms with Crippen LogP contribution in [0.5, 0.6) is 5.75 Å². The van der Waals surface area contributed by atoms with E-state index in [0.717, 1.165) is 10.8 Å². The smallest absolute Gasteiger partial charge is 0.302 e. The van der Waals surface area contributed by atoms with Crippen molar-refractivity contribution in [2.45, 2.75) is 6.92 Å². The molecule has 0 atom stereocenters. The van der Waals surface area contributed by atoms with Crippen LogP contribution in [0.3, 0.4) is 0 Å². The first-order valence-electron chi connectivity index (χ1n) is 8.67. The summed E-state index contributed by atoms with van der Waals surface area (Å²) in [5, 5.41) is 7.22. The summed E-state index contributed by atoms with van der Waals surface area (Å²) in [6.45, 7) is 1.25. The zero-order valence-electron chi connectivity index (χ0n) is 15.1. The molecule has 0 aliphatic carbocycles. The van der Waals surface area contributed by atoms with Crippen molar-refractivity contribution in [3.8, 4) is 5.75 Å². The topological polar surface area (TPSA) is 93.5 Å². The Balaban J connectivity index is 1.44. The van der Waals surface area contributed by atoms with E-state index in [1.165, 1.54) is 6.92 Å². The number of aromatic nitrogens is 1. The number of amides is 2. The van der Waals surface area contributed by atoms with Crippen LogP contribution in [0.1, 0.15) is 6.92 Å². The normalized spacial score (nSPS) is 10.8. The molecule has 0 spiro atoms. The Hall–Kier alpha value is -3.87. The number of nitrogens with zero attached hydrogens (tertiary/aromatic N) is 1. The monoisotopic (exact) mass is 375 g/mol. The van der Waals surface area contributed by atoms with E-state index >= 15 is 0 Å². The van der Waals surface area contributed by atoms with Crippen LogP contribution in [0.25, 0.3) is 21.9 Å². The van der Waals surface area contributed by atoms with E-state index in [2.05, 4.69) is 15.6 Å². The first-order valence-corrected chi connectivity index (χ1v) is 8.67. The SMILES string of the molecule is CC(=O)Nc1ccc2nc(NC(=O)COc3cccc4ccccc34)oc2c1. The van der Waals surface area contributed by atoms with Gasteiger partial charge in [-0.15, -0.1) is 0 Å². The molecule has 3 aromatic carbocycles. The number of fused-ring (bicyclic) bond motifs is 2. The van der Waals surface area contributed by atoms with Gasteiger partial charge >= 0.3 is 6.01 Å². The zero-order chi connectivity index (χ0) is 19.5. The largest absolute Gasteiger partial charge is 0.483 e. The van der Waals surface area contributed by atoms with E-state index in [4.69, 9.17) is 9.15 Å². The standard InChI is InChI=1S/C21H17N3O4/c1-13(25)22-15-9-10-17-19(11-15)28-21(23-17)24-20(26)12-27-18-8-4-6-14-5-2-3-7-16(14)18/h2-11H,12H2,1H3,(H,22,25)(H,23,24,26). The predicted molar refractivity (Wildman–Crippen MR) is 106 cm³/mol. The van der Waals surface area contributed by atoms with Crippen molar-refractivity contribution in [1.82, 2.24) is 4.98 Å². The molecule has 0 saturated heterocycles. The Morgan fingerprint density at radius 1 is 1.04 bits per heavy atom. The lowest BCUT2D eigenvalue weighted by Gasteiger charge is -2.08. The summed E-state index contributed by atoms with van der Waals surface area (Å²) in [7, 11) is 0. The summed E-state index contributed by atoms with van der Waals surface area (Å²) in [4.78, 5) is 27.6. The number of ether oxygens (including phenoxy) is 1. The summed E-state index contributed by atoms with van der Waals surface area (Å²) >= 11 is 0. The van der Waals surface area contributed by atoms with Crippen molar-refractivity contribution in [2.24, 2.45) is 0 Å². The van der Waals surface area contributed by atoms with Gasteiger partial charge in [0, 0.05) is 24.1 Å². The van der Waals surface area contributed by atoms with Crippen molar-refractivity contribution in [1.29, 1.82) is 0 Å². The molecule has 140 valence electrons. The molecule has 1 heterocycles. The van der Waals surface area contributed by atoms with Crippen molar-refractivity contribution < 1.29 is 18.7 Å². The molecule has 4 aromatic rings. The Morgan fingerprint density at radius 3 is 2.71 bits per heavy atom. The van der Waals surface area contributed by atoms with E-state index in [1.54, 1.807) is 18.2 Å². The molecule has 0 unspecified atom stereocenters. The number of carbonyl (C=O) groups is 2. The van der Waals surface area contributed by atoms with E-state index in [-0.39, 0.29) is 24.4 Å². The van der Waals surface area contributed by atoms with Gasteiger partial charge in [0.1, 0.15) is 11.3 Å². The molecule has 0 saturated carbocycles. The van der Waals surface area contributed by atoms with Crippen molar-refractivity contribution in [3.05, 3.63) is 60.7 Å². The van der Waals surface area contributed by atoms with E-state index in [1.807, 2.05) is 42.5 Å². The van der Waals surface area contributed by atoms with E-state index in [0.29, 0.717) is 22.5 Å². The number of hydrogen-bond acceptors (Lipinski definition) is 5. The average Bonchev–Trinajstić information content (AvgIpc) is 3.07. The molecule has 7 nitrogen and oxygen atoms in total. The lowest BCUT2D eigenvalue weighted by atomic mass is 10.1. The summed E-state index contributed by atoms with van der Waals surface area (Å²) in [6, 6.07) is 18.6. The van der Waals surface area contributed by atoms with Crippen LogP contribution >= 0.6 is 0 Å². The number of benzene rings is 3. The van der Waals surface area contributed by atoms with Crippen molar-refractivity contribution in [2.75, 3.05) is 17.2 Å². The molecule has 28 heavy (non-hydrogen) atoms. The van der Waals surface area contributed by atoms with Crippen LogP contribution in [0.4, 0.5) is 11.7 Å². The number of carbonyl (C=O) groups excluding carboxylic acids is 2. The molecule has 4 rings (SSSR count). The first kappa shape index (κ1) is 17.5. The van der Waals surface area contributed by atoms with Gasteiger partial charge in [-0.2, -0.15) is 4.98 Å². The van der Waals surface area contributed by atoms with E-state index < -0.39 is 0 Å². The third-order valence-corrected chi connectivity index (χ3v) is 4.06. The summed E-state index contributed by atoms with van der Waals surface area (Å²) < 4.78 is 11.2. The minimum atomic E-state index is -0.387. The van der Waals surface area contributed by atoms with Gasteiger partial charge in [-0.1, -0.05) is 36.4 Å². The quantitative estimate of drug-likeness (QED) is 0.551. The molecule has 2 amide bonds. The van der Waals surface area contributed by atoms with Gasteiger partial charge in [0.05, 0.1) is 0 Å². The Labute approximate surface area is 160 Å². The van der Waals surface area contributed by atoms with Crippen LogP contribution in [0.15, 0.2) is 65.1 Å². The number of oxazole rings is 1. The highest BCUT2D eigenvalue weighted by atomic mass is 16.5. The highest BCUT2D eigenvalue weighted by Crippen LogP contribution is 2.25. The van der Waals surface area contributed by atoms with Crippen LogP contribution in [0, 0.1) is 0 Å². The summed E-state index contributed by atoms with van der Waals surface area (Å²) in [5.74, 6) is 0.0605. The molecular formula is C21H17N3O4. The van der Waals surface area contributed by atoms with Crippen LogP contribution in [-0.4, -0.2) is 23.4 Å². The Bertz CT molecular complexity index is 1180. The first-order chi connectivity index (χ1) is 13.6. The maximum atomic E-state index is 12.2. The molecule has 2 N–H and O–H groups in total. The second kappa shape index (κ2) is 7.40. The van der Waals surface area contributed by atoms with Gasteiger partial charge in [-0.25, -0.2) is 0 Å². The number of nitrogens with one attached hydrogen (secondary N) is 2. The van der Waals surface area contributed by atoms with Gasteiger partial charge in [-0.05, 0) is 23.6 Å². The Morgan fingerprint density at radius 2 is 1.86 bits per heavy atom. The van der Waals surface area contributed by atoms with Gasteiger partial charge in [0.15, 0.2) is 12.2 Å². The maximum Gasteiger partial charge on any atom is 0.302 e. The molecular weight excluding hydrogens is 358 g/mol. The van der Waals surface area contributed by atoms with Crippen LogP contribution < -0.4 is 15.4 Å². The lowest BCUT2D eigenvalue weighted by molar-refractivity contribution is -0.118. The third-order valence-electron chi connectivity index (χ3n) is 4.06.